The van der Waals surface area contributed by atoms with E-state index in [0.29, 0.717) is 53.6 Å². The summed E-state index contributed by atoms with van der Waals surface area (Å²) in [4.78, 5) is 41.2. The third-order valence-electron chi connectivity index (χ3n) is 11.0. The Bertz CT molecular complexity index is 3490. The van der Waals surface area contributed by atoms with Gasteiger partial charge < -0.3 is 38.7 Å². The Kier molecular flexibility index (Phi) is 19.4. The monoisotopic (exact) mass is 1050 g/mol. The van der Waals surface area contributed by atoms with Crippen LogP contribution in [0.25, 0.3) is 22.1 Å². The number of nitro groups is 2. The van der Waals surface area contributed by atoms with Crippen molar-refractivity contribution in [2.24, 2.45) is 0 Å². The number of aromatic hydroxyl groups is 1. The Hall–Kier alpha value is -9.40. The molecule has 5 heterocycles. The number of halogens is 1. The summed E-state index contributed by atoms with van der Waals surface area (Å²) in [5, 5.41) is 49.0. The van der Waals surface area contributed by atoms with Gasteiger partial charge in [0.05, 0.1) is 57.7 Å². The Morgan fingerprint density at radius 3 is 1.52 bits per heavy atom. The Morgan fingerprint density at radius 1 is 0.636 bits per heavy atom. The van der Waals surface area contributed by atoms with E-state index in [9.17, 15) is 34.8 Å². The fourth-order valence-electron chi connectivity index (χ4n) is 7.06. The third kappa shape index (κ3) is 17.1. The number of aliphatic hydroxyl groups excluding tert-OH is 1. The SMILES string of the molecule is C=C(C)CCc1cc(Oc2ccc(C)cn2)ccc1[N+](=O)[O-].C=C(C)Cn1cnc2ccc(Oc3ccc(C)cn3)cc21.Cc1ccc(Oc2ccc3ncn(C[C@@](C)(O)CO)c3c2)nc1.O=[N+]([O-])c1ccc(O)cc1F. The normalized spacial score (nSPS) is 11.4. The Balaban J connectivity index is 0.000000171. The van der Waals surface area contributed by atoms with E-state index in [0.717, 1.165) is 74.3 Å². The van der Waals surface area contributed by atoms with Gasteiger partial charge >= 0.3 is 5.69 Å². The molecule has 0 aliphatic carbocycles. The van der Waals surface area contributed by atoms with E-state index in [4.69, 9.17) is 19.3 Å². The average Bonchev–Trinajstić information content (AvgIpc) is 3.99. The molecule has 1 atom stereocenters. The van der Waals surface area contributed by atoms with Crippen LogP contribution in [0.2, 0.25) is 0 Å². The number of hydrogen-bond donors (Lipinski definition) is 3. The van der Waals surface area contributed by atoms with E-state index in [2.05, 4.69) is 42.6 Å². The smallest absolute Gasteiger partial charge is 0.305 e. The Morgan fingerprint density at radius 2 is 1.09 bits per heavy atom. The molecule has 398 valence electrons. The number of aliphatic hydroxyl groups is 2. The number of pyridine rings is 3. The van der Waals surface area contributed by atoms with Gasteiger partial charge in [-0.3, -0.25) is 20.2 Å². The van der Waals surface area contributed by atoms with E-state index in [1.807, 2.05) is 108 Å². The van der Waals surface area contributed by atoms with E-state index in [1.54, 1.807) is 54.6 Å². The molecule has 0 fully saturated rings. The molecule has 19 nitrogen and oxygen atoms in total. The van der Waals surface area contributed by atoms with Crippen LogP contribution in [0.5, 0.6) is 40.6 Å². The molecule has 5 aromatic heterocycles. The van der Waals surface area contributed by atoms with Crippen molar-refractivity contribution in [1.82, 2.24) is 34.1 Å². The number of allylic oxidation sites excluding steroid dienone is 2. The summed E-state index contributed by atoms with van der Waals surface area (Å²) in [6.07, 6.45) is 9.98. The number of phenolic OH excluding ortho intramolecular Hbond substituents is 1. The zero-order chi connectivity index (χ0) is 55.8. The second kappa shape index (κ2) is 26.2. The number of imidazole rings is 2. The van der Waals surface area contributed by atoms with Gasteiger partial charge in [0.25, 0.3) is 5.69 Å². The molecule has 0 saturated heterocycles. The standard InChI is InChI=1S/C17H19N3O3.C17H17N3O.C17H18N2O3.C6H4FNO3/c1-12-3-6-16(18-8-12)23-13-4-5-14-15(7-13)20(11-19-14)9-17(2,22)10-21;1-12(2)10-20-11-19-15-6-5-14(8-16(15)20)21-17-7-4-13(3)9-18-17;1-12(2)4-6-14-10-15(7-8-16(14)19(20)21)22-17-9-5-13(3)11-18-17;7-5-3-4(9)1-2-6(5)8(10)11/h3-8,11,21-22H,9-10H2,1-2H3;4-9,11H,1,10H2,2-3H3;5,7-11H,1,4,6H2,2-3H3;1-3,9H/t17-;;;/m1.../s1. The fraction of sp³-hybridized carbons (Fsp3) is 0.211. The summed E-state index contributed by atoms with van der Waals surface area (Å²) >= 11 is 0. The molecular weight excluding hydrogens is 990 g/mol. The molecule has 0 bridgehead atoms. The van der Waals surface area contributed by atoms with Gasteiger partial charge in [0.15, 0.2) is 0 Å². The van der Waals surface area contributed by atoms with Crippen LogP contribution in [0.3, 0.4) is 0 Å². The van der Waals surface area contributed by atoms with Crippen LogP contribution in [-0.2, 0) is 19.5 Å². The van der Waals surface area contributed by atoms with Crippen molar-refractivity contribution in [3.8, 4) is 40.6 Å². The maximum atomic E-state index is 12.5. The first-order valence-corrected chi connectivity index (χ1v) is 23.9. The van der Waals surface area contributed by atoms with E-state index in [1.165, 1.54) is 6.07 Å². The zero-order valence-electron chi connectivity index (χ0n) is 43.3. The molecule has 9 aromatic rings. The first-order chi connectivity index (χ1) is 36.6. The maximum Gasteiger partial charge on any atom is 0.305 e. The molecule has 4 aromatic carbocycles. The lowest BCUT2D eigenvalue weighted by Gasteiger charge is -2.21. The number of fused-ring (bicyclic) bond motifs is 2. The quantitative estimate of drug-likeness (QED) is 0.0462. The van der Waals surface area contributed by atoms with Gasteiger partial charge in [0.1, 0.15) is 28.6 Å². The second-order valence-electron chi connectivity index (χ2n) is 18.4. The van der Waals surface area contributed by atoms with Crippen molar-refractivity contribution in [3.05, 3.63) is 213 Å². The molecule has 77 heavy (non-hydrogen) atoms. The number of rotatable bonds is 16. The van der Waals surface area contributed by atoms with Crippen LogP contribution in [0.15, 0.2) is 165 Å². The van der Waals surface area contributed by atoms with Crippen molar-refractivity contribution in [2.75, 3.05) is 6.61 Å². The lowest BCUT2D eigenvalue weighted by Crippen LogP contribution is -2.34. The van der Waals surface area contributed by atoms with Gasteiger partial charge in [0, 0.05) is 79.2 Å². The lowest BCUT2D eigenvalue weighted by atomic mass is 10.0. The molecule has 20 heteroatoms. The van der Waals surface area contributed by atoms with Gasteiger partial charge in [-0.05, 0) is 114 Å². The molecule has 9 rings (SSSR count). The topological polar surface area (TPSA) is 249 Å². The van der Waals surface area contributed by atoms with Crippen molar-refractivity contribution < 1.29 is 43.8 Å². The molecule has 0 spiro atoms. The number of phenols is 1. The predicted octanol–water partition coefficient (Wildman–Crippen LogP) is 12.4. The number of aryl methyl sites for hydroxylation is 4. The van der Waals surface area contributed by atoms with Gasteiger partial charge in [-0.1, -0.05) is 35.9 Å². The lowest BCUT2D eigenvalue weighted by molar-refractivity contribution is -0.387. The number of nitro benzene ring substituents is 2. The van der Waals surface area contributed by atoms with Gasteiger partial charge in [-0.15, -0.1) is 6.58 Å². The van der Waals surface area contributed by atoms with Crippen LogP contribution >= 0.6 is 0 Å². The maximum absolute atomic E-state index is 12.5. The number of ether oxygens (including phenoxy) is 3. The minimum absolute atomic E-state index is 0.102. The third-order valence-corrected chi connectivity index (χ3v) is 11.0. The molecule has 0 unspecified atom stereocenters. The van der Waals surface area contributed by atoms with Crippen molar-refractivity contribution in [1.29, 1.82) is 0 Å². The highest BCUT2D eigenvalue weighted by atomic mass is 19.1. The summed E-state index contributed by atoms with van der Waals surface area (Å²) in [5.74, 6) is 2.14. The van der Waals surface area contributed by atoms with E-state index >= 15 is 0 Å². The average molecular weight is 1050 g/mol. The summed E-state index contributed by atoms with van der Waals surface area (Å²) in [6, 6.07) is 30.0. The molecule has 0 radical (unpaired) electrons. The highest BCUT2D eigenvalue weighted by Crippen LogP contribution is 2.30. The number of aromatic nitrogens is 7. The van der Waals surface area contributed by atoms with Crippen LogP contribution in [-0.4, -0.2) is 71.4 Å². The number of hydrogen-bond acceptors (Lipinski definition) is 15. The van der Waals surface area contributed by atoms with Crippen LogP contribution < -0.4 is 14.2 Å². The second-order valence-corrected chi connectivity index (χ2v) is 18.4. The molecule has 0 aliphatic rings. The van der Waals surface area contributed by atoms with E-state index < -0.39 is 22.0 Å². The summed E-state index contributed by atoms with van der Waals surface area (Å²) in [6.45, 7) is 19.8. The molecule has 0 amide bonds. The summed E-state index contributed by atoms with van der Waals surface area (Å²) < 4.78 is 33.6. The van der Waals surface area contributed by atoms with Crippen molar-refractivity contribution in [2.45, 2.75) is 73.1 Å². The molecule has 3 N–H and O–H groups in total. The Labute approximate surface area is 443 Å². The minimum Gasteiger partial charge on any atom is -0.508 e. The molecular formula is C57H58FN9O10. The summed E-state index contributed by atoms with van der Waals surface area (Å²) in [7, 11) is 0. The van der Waals surface area contributed by atoms with Crippen LogP contribution in [0.4, 0.5) is 15.8 Å². The van der Waals surface area contributed by atoms with Gasteiger partial charge in [0.2, 0.25) is 23.5 Å². The van der Waals surface area contributed by atoms with Crippen LogP contribution in [0.1, 0.15) is 49.4 Å². The van der Waals surface area contributed by atoms with Gasteiger partial charge in [-0.25, -0.2) is 24.9 Å². The summed E-state index contributed by atoms with van der Waals surface area (Å²) in [5.41, 5.74) is 7.78. The highest BCUT2D eigenvalue weighted by Gasteiger charge is 2.21. The van der Waals surface area contributed by atoms with E-state index in [-0.39, 0.29) is 29.5 Å². The fourth-order valence-corrected chi connectivity index (χ4v) is 7.06. The first-order valence-electron chi connectivity index (χ1n) is 23.9. The number of benzene rings is 4. The van der Waals surface area contributed by atoms with Crippen molar-refractivity contribution >= 4 is 33.4 Å². The highest BCUT2D eigenvalue weighted by molar-refractivity contribution is 5.78. The minimum atomic E-state index is -1.21. The molecule has 0 aliphatic heterocycles. The largest absolute Gasteiger partial charge is 0.508 e. The van der Waals surface area contributed by atoms with Crippen LogP contribution in [0, 0.1) is 46.8 Å². The first kappa shape index (κ1) is 56.9. The molecule has 0 saturated carbocycles. The zero-order valence-corrected chi connectivity index (χ0v) is 43.3. The van der Waals surface area contributed by atoms with Crippen molar-refractivity contribution in [3.63, 3.8) is 0 Å². The number of nitrogens with zero attached hydrogens (tertiary/aromatic N) is 9. The predicted molar refractivity (Wildman–Crippen MR) is 290 cm³/mol. The van der Waals surface area contributed by atoms with Gasteiger partial charge in [-0.2, -0.15) is 4.39 Å².